The van der Waals surface area contributed by atoms with Crippen LogP contribution < -0.4 is 5.32 Å². The van der Waals surface area contributed by atoms with Crippen molar-refractivity contribution in [3.8, 4) is 0 Å². The van der Waals surface area contributed by atoms with Crippen molar-refractivity contribution in [1.82, 2.24) is 5.32 Å². The minimum absolute atomic E-state index is 0.0252. The van der Waals surface area contributed by atoms with Gasteiger partial charge in [-0.05, 0) is 17.9 Å². The van der Waals surface area contributed by atoms with Crippen LogP contribution in [-0.2, 0) is 0 Å². The average molecular weight is 248 g/mol. The Morgan fingerprint density at radius 2 is 2.50 bits per heavy atom. The van der Waals surface area contributed by atoms with E-state index < -0.39 is 0 Å². The second-order valence-electron chi connectivity index (χ2n) is 2.31. The van der Waals surface area contributed by atoms with Crippen LogP contribution in [0.2, 0.25) is 0 Å². The number of hydrogen-bond acceptors (Lipinski definition) is 2. The van der Waals surface area contributed by atoms with Crippen LogP contribution in [0.5, 0.6) is 0 Å². The number of carbonyl (C=O) groups is 1. The van der Waals surface area contributed by atoms with Crippen LogP contribution in [0.4, 0.5) is 0 Å². The van der Waals surface area contributed by atoms with E-state index in [1.165, 1.54) is 11.3 Å². The highest BCUT2D eigenvalue weighted by Gasteiger charge is 2.02. The Hall–Kier alpha value is -0.350. The van der Waals surface area contributed by atoms with Gasteiger partial charge < -0.3 is 5.32 Å². The Bertz CT molecular complexity index is 235. The molecule has 2 nitrogen and oxygen atoms in total. The smallest absolute Gasteiger partial charge is 0.252 e. The molecule has 0 aromatic carbocycles. The van der Waals surface area contributed by atoms with Gasteiger partial charge in [-0.1, -0.05) is 15.9 Å². The van der Waals surface area contributed by atoms with Gasteiger partial charge in [0.15, 0.2) is 0 Å². The minimum Gasteiger partial charge on any atom is -0.352 e. The molecule has 0 fully saturated rings. The Morgan fingerprint density at radius 3 is 3.08 bits per heavy atom. The van der Waals surface area contributed by atoms with Gasteiger partial charge in [0.05, 0.1) is 0 Å². The van der Waals surface area contributed by atoms with Gasteiger partial charge >= 0.3 is 0 Å². The normalized spacial score (nSPS) is 9.75. The highest BCUT2D eigenvalue weighted by atomic mass is 79.9. The Labute approximate surface area is 84.1 Å². The van der Waals surface area contributed by atoms with E-state index in [0.29, 0.717) is 0 Å². The molecule has 1 amide bonds. The van der Waals surface area contributed by atoms with Gasteiger partial charge in [-0.15, -0.1) is 0 Å². The van der Waals surface area contributed by atoms with Crippen LogP contribution in [0.15, 0.2) is 16.8 Å². The second kappa shape index (κ2) is 5.32. The number of carbonyl (C=O) groups excluding carboxylic acids is 1. The predicted molar refractivity (Wildman–Crippen MR) is 55.1 cm³/mol. The van der Waals surface area contributed by atoms with E-state index in [0.717, 1.165) is 23.9 Å². The van der Waals surface area contributed by atoms with E-state index in [9.17, 15) is 4.79 Å². The lowest BCUT2D eigenvalue weighted by atomic mass is 10.3. The molecule has 0 bridgehead atoms. The number of nitrogens with one attached hydrogen (secondary N) is 1. The molecule has 1 aromatic rings. The summed E-state index contributed by atoms with van der Waals surface area (Å²) in [5.74, 6) is 0.0252. The van der Waals surface area contributed by atoms with Crippen molar-refractivity contribution in [2.24, 2.45) is 0 Å². The SMILES string of the molecule is O=C(NCCCBr)c1ccsc1. The summed E-state index contributed by atoms with van der Waals surface area (Å²) in [6, 6.07) is 1.83. The van der Waals surface area contributed by atoms with Crippen molar-refractivity contribution in [2.45, 2.75) is 6.42 Å². The van der Waals surface area contributed by atoms with Gasteiger partial charge in [0.25, 0.3) is 5.91 Å². The molecular formula is C8H10BrNOS. The molecule has 0 saturated heterocycles. The van der Waals surface area contributed by atoms with E-state index in [1.54, 1.807) is 0 Å². The zero-order valence-corrected chi connectivity index (χ0v) is 8.95. The Balaban J connectivity index is 2.30. The van der Waals surface area contributed by atoms with E-state index in [-0.39, 0.29) is 5.91 Å². The van der Waals surface area contributed by atoms with Gasteiger partial charge in [0, 0.05) is 22.8 Å². The second-order valence-corrected chi connectivity index (χ2v) is 3.88. The van der Waals surface area contributed by atoms with Crippen LogP contribution in [0.1, 0.15) is 16.8 Å². The third kappa shape index (κ3) is 2.95. The molecule has 0 aliphatic rings. The maximum atomic E-state index is 11.3. The summed E-state index contributed by atoms with van der Waals surface area (Å²) < 4.78 is 0. The highest BCUT2D eigenvalue weighted by Crippen LogP contribution is 2.04. The first-order chi connectivity index (χ1) is 5.84. The van der Waals surface area contributed by atoms with Crippen molar-refractivity contribution in [3.05, 3.63) is 22.4 Å². The number of thiophene rings is 1. The third-order valence-electron chi connectivity index (χ3n) is 1.38. The summed E-state index contributed by atoms with van der Waals surface area (Å²) in [5.41, 5.74) is 0.759. The van der Waals surface area contributed by atoms with Crippen LogP contribution in [0.3, 0.4) is 0 Å². The molecule has 0 radical (unpaired) electrons. The van der Waals surface area contributed by atoms with E-state index in [1.807, 2.05) is 16.8 Å². The lowest BCUT2D eigenvalue weighted by Crippen LogP contribution is -2.24. The number of alkyl halides is 1. The Kier molecular flexibility index (Phi) is 4.32. The Morgan fingerprint density at radius 1 is 1.67 bits per heavy atom. The lowest BCUT2D eigenvalue weighted by Gasteiger charge is -2.00. The zero-order chi connectivity index (χ0) is 8.81. The van der Waals surface area contributed by atoms with Crippen LogP contribution in [0.25, 0.3) is 0 Å². The maximum absolute atomic E-state index is 11.3. The molecule has 1 rings (SSSR count). The maximum Gasteiger partial charge on any atom is 0.252 e. The quantitative estimate of drug-likeness (QED) is 0.642. The summed E-state index contributed by atoms with van der Waals surface area (Å²) in [7, 11) is 0. The van der Waals surface area contributed by atoms with Gasteiger partial charge in [0.2, 0.25) is 0 Å². The molecule has 12 heavy (non-hydrogen) atoms. The fourth-order valence-corrected chi connectivity index (χ4v) is 1.68. The molecule has 0 saturated carbocycles. The van der Waals surface area contributed by atoms with E-state index in [4.69, 9.17) is 0 Å². The van der Waals surface area contributed by atoms with Crippen molar-refractivity contribution in [1.29, 1.82) is 0 Å². The molecule has 0 atom stereocenters. The van der Waals surface area contributed by atoms with Crippen molar-refractivity contribution < 1.29 is 4.79 Å². The van der Waals surface area contributed by atoms with E-state index in [2.05, 4.69) is 21.2 Å². The first-order valence-electron chi connectivity index (χ1n) is 3.71. The number of amides is 1. The summed E-state index contributed by atoms with van der Waals surface area (Å²) >= 11 is 4.84. The molecular weight excluding hydrogens is 238 g/mol. The molecule has 1 heterocycles. The predicted octanol–water partition coefficient (Wildman–Crippen LogP) is 2.26. The topological polar surface area (TPSA) is 29.1 Å². The number of rotatable bonds is 4. The lowest BCUT2D eigenvalue weighted by molar-refractivity contribution is 0.0954. The fraction of sp³-hybridized carbons (Fsp3) is 0.375. The molecule has 0 aliphatic heterocycles. The average Bonchev–Trinajstić information content (AvgIpc) is 2.56. The van der Waals surface area contributed by atoms with Gasteiger partial charge in [-0.3, -0.25) is 4.79 Å². The number of hydrogen-bond donors (Lipinski definition) is 1. The van der Waals surface area contributed by atoms with Gasteiger partial charge in [-0.2, -0.15) is 11.3 Å². The van der Waals surface area contributed by atoms with Crippen molar-refractivity contribution >= 4 is 33.2 Å². The van der Waals surface area contributed by atoms with Crippen molar-refractivity contribution in [3.63, 3.8) is 0 Å². The zero-order valence-electron chi connectivity index (χ0n) is 6.55. The molecule has 0 unspecified atom stereocenters. The minimum atomic E-state index is 0.0252. The molecule has 0 aliphatic carbocycles. The number of halogens is 1. The first-order valence-corrected chi connectivity index (χ1v) is 5.77. The molecule has 66 valence electrons. The molecule has 0 spiro atoms. The summed E-state index contributed by atoms with van der Waals surface area (Å²) in [6.45, 7) is 0.736. The van der Waals surface area contributed by atoms with Gasteiger partial charge in [-0.25, -0.2) is 0 Å². The van der Waals surface area contributed by atoms with E-state index >= 15 is 0 Å². The van der Waals surface area contributed by atoms with Crippen LogP contribution >= 0.6 is 27.3 Å². The summed E-state index contributed by atoms with van der Waals surface area (Å²) in [4.78, 5) is 11.3. The van der Waals surface area contributed by atoms with Crippen LogP contribution in [-0.4, -0.2) is 17.8 Å². The summed E-state index contributed by atoms with van der Waals surface area (Å²) in [5, 5.41) is 7.50. The largest absolute Gasteiger partial charge is 0.352 e. The first kappa shape index (κ1) is 9.74. The molecule has 1 N–H and O–H groups in total. The summed E-state index contributed by atoms with van der Waals surface area (Å²) in [6.07, 6.45) is 0.968. The van der Waals surface area contributed by atoms with Crippen molar-refractivity contribution in [2.75, 3.05) is 11.9 Å². The molecule has 1 aromatic heterocycles. The van der Waals surface area contributed by atoms with Crippen LogP contribution in [0, 0.1) is 0 Å². The third-order valence-corrected chi connectivity index (χ3v) is 2.62. The monoisotopic (exact) mass is 247 g/mol. The fourth-order valence-electron chi connectivity index (χ4n) is 0.764. The van der Waals surface area contributed by atoms with Gasteiger partial charge in [0.1, 0.15) is 0 Å². The standard InChI is InChI=1S/C8H10BrNOS/c9-3-1-4-10-8(11)7-2-5-12-6-7/h2,5-6H,1,3-4H2,(H,10,11). The highest BCUT2D eigenvalue weighted by molar-refractivity contribution is 9.09. The molecule has 4 heteroatoms.